The van der Waals surface area contributed by atoms with Gasteiger partial charge in [-0.15, -0.1) is 23.5 Å². The first-order valence-electron chi connectivity index (χ1n) is 5.87. The van der Waals surface area contributed by atoms with Crippen LogP contribution in [0.3, 0.4) is 0 Å². The molecule has 1 aromatic rings. The summed E-state index contributed by atoms with van der Waals surface area (Å²) in [5.74, 6) is 0.366. The number of hydrogen-bond donors (Lipinski definition) is 1. The normalized spacial score (nSPS) is 11.3. The maximum Gasteiger partial charge on any atom is 0.355 e. The third kappa shape index (κ3) is 4.76. The maximum atomic E-state index is 11.0. The van der Waals surface area contributed by atoms with Crippen LogP contribution in [0.2, 0.25) is 0 Å². The number of carboxylic acid groups (broad SMARTS) is 1. The summed E-state index contributed by atoms with van der Waals surface area (Å²) in [5.41, 5.74) is 0.0669. The Morgan fingerprint density at radius 1 is 1.65 bits per heavy atom. The van der Waals surface area contributed by atoms with E-state index >= 15 is 0 Å². The van der Waals surface area contributed by atoms with Crippen molar-refractivity contribution in [1.29, 1.82) is 5.26 Å². The summed E-state index contributed by atoms with van der Waals surface area (Å²) in [5, 5.41) is 17.7. The summed E-state index contributed by atoms with van der Waals surface area (Å²) in [6.45, 7) is 8.77. The highest BCUT2D eigenvalue weighted by Gasteiger charge is 2.14. The first-order valence-corrected chi connectivity index (χ1v) is 7.84. The van der Waals surface area contributed by atoms with Crippen molar-refractivity contribution >= 4 is 29.5 Å². The second-order valence-corrected chi connectivity index (χ2v) is 6.14. The first-order chi connectivity index (χ1) is 9.62. The van der Waals surface area contributed by atoms with Gasteiger partial charge >= 0.3 is 12.0 Å². The van der Waals surface area contributed by atoms with Crippen LogP contribution in [-0.4, -0.2) is 33.6 Å². The van der Waals surface area contributed by atoms with Gasteiger partial charge in [-0.05, 0) is 11.8 Å². The summed E-state index contributed by atoms with van der Waals surface area (Å²) in [6.07, 6.45) is 2.01. The van der Waals surface area contributed by atoms with Crippen molar-refractivity contribution in [2.75, 3.05) is 11.5 Å². The summed E-state index contributed by atoms with van der Waals surface area (Å²) in [4.78, 5) is 19.7. The molecule has 0 radical (unpaired) electrons. The second kappa shape index (κ2) is 8.47. The first kappa shape index (κ1) is 16.4. The van der Waals surface area contributed by atoms with Crippen LogP contribution in [0.25, 0.3) is 4.85 Å². The van der Waals surface area contributed by atoms with Gasteiger partial charge in [0.05, 0.1) is 0 Å². The van der Waals surface area contributed by atoms with Crippen LogP contribution in [0.5, 0.6) is 0 Å². The topological polar surface area (TPSA) is 78.3 Å². The summed E-state index contributed by atoms with van der Waals surface area (Å²) >= 11 is 2.91. The molecule has 1 rings (SSSR count). The van der Waals surface area contributed by atoms with Crippen molar-refractivity contribution < 1.29 is 9.90 Å². The Bertz CT molecular complexity index is 550. The van der Waals surface area contributed by atoms with Gasteiger partial charge in [-0.25, -0.2) is 16.4 Å². The molecule has 7 heteroatoms. The Morgan fingerprint density at radius 2 is 2.40 bits per heavy atom. The van der Waals surface area contributed by atoms with Crippen molar-refractivity contribution in [3.8, 4) is 6.07 Å². The highest BCUT2D eigenvalue weighted by molar-refractivity contribution is 8.00. The molecule has 0 saturated heterocycles. The van der Waals surface area contributed by atoms with E-state index in [2.05, 4.69) is 9.83 Å². The molecule has 0 amide bonds. The molecule has 1 atom stereocenters. The molecule has 0 spiro atoms. The van der Waals surface area contributed by atoms with Gasteiger partial charge < -0.3 is 5.11 Å². The number of carboxylic acids is 1. The van der Waals surface area contributed by atoms with E-state index in [1.807, 2.05) is 13.0 Å². The van der Waals surface area contributed by atoms with Crippen molar-refractivity contribution in [2.45, 2.75) is 29.2 Å². The van der Waals surface area contributed by atoms with E-state index in [1.165, 1.54) is 29.7 Å². The summed E-state index contributed by atoms with van der Waals surface area (Å²) in [7, 11) is 0. The predicted molar refractivity (Wildman–Crippen MR) is 78.9 cm³/mol. The average Bonchev–Trinajstić information content (AvgIpc) is 2.44. The van der Waals surface area contributed by atoms with Crippen LogP contribution >= 0.6 is 23.5 Å². The van der Waals surface area contributed by atoms with E-state index in [1.54, 1.807) is 6.07 Å². The van der Waals surface area contributed by atoms with Crippen molar-refractivity contribution in [1.82, 2.24) is 4.98 Å². The van der Waals surface area contributed by atoms with Crippen LogP contribution < -0.4 is 0 Å². The van der Waals surface area contributed by atoms with Gasteiger partial charge in [0, 0.05) is 28.2 Å². The average molecular weight is 307 g/mol. The highest BCUT2D eigenvalue weighted by Crippen LogP contribution is 2.27. The Balaban J connectivity index is 2.73. The molecule has 104 valence electrons. The number of rotatable bonds is 7. The van der Waals surface area contributed by atoms with Gasteiger partial charge in [-0.2, -0.15) is 5.26 Å². The van der Waals surface area contributed by atoms with E-state index < -0.39 is 12.0 Å². The number of hydrogen-bond acceptors (Lipinski definition) is 5. The molecule has 0 aliphatic rings. The molecule has 1 heterocycles. The number of aromatic nitrogens is 1. The molecule has 0 aliphatic carbocycles. The number of thioether (sulfide) groups is 2. The molecule has 0 bridgehead atoms. The molecule has 0 aliphatic heterocycles. The molecule has 5 nitrogen and oxygen atoms in total. The van der Waals surface area contributed by atoms with Gasteiger partial charge in [0.1, 0.15) is 0 Å². The zero-order chi connectivity index (χ0) is 15.0. The van der Waals surface area contributed by atoms with Gasteiger partial charge in [-0.1, -0.05) is 6.92 Å². The van der Waals surface area contributed by atoms with Crippen LogP contribution in [0.1, 0.15) is 23.8 Å². The Morgan fingerprint density at radius 3 is 2.95 bits per heavy atom. The zero-order valence-electron chi connectivity index (χ0n) is 10.9. The van der Waals surface area contributed by atoms with E-state index in [0.29, 0.717) is 17.1 Å². The van der Waals surface area contributed by atoms with E-state index in [4.69, 9.17) is 16.9 Å². The summed E-state index contributed by atoms with van der Waals surface area (Å²) < 4.78 is 0. The van der Waals surface area contributed by atoms with E-state index in [0.717, 1.165) is 10.6 Å². The van der Waals surface area contributed by atoms with Crippen LogP contribution in [0.4, 0.5) is 0 Å². The largest absolute Gasteiger partial charge is 0.476 e. The highest BCUT2D eigenvalue weighted by atomic mass is 32.2. The number of aromatic carboxylic acids is 1. The van der Waals surface area contributed by atoms with Gasteiger partial charge in [-0.3, -0.25) is 4.85 Å². The maximum absolute atomic E-state index is 11.0. The van der Waals surface area contributed by atoms with E-state index in [9.17, 15) is 4.79 Å². The second-order valence-electron chi connectivity index (χ2n) is 3.67. The minimum absolute atomic E-state index is 0.0669. The fourth-order valence-electron chi connectivity index (χ4n) is 1.38. The standard InChI is InChI=1S/C13H13N3O2S2/c1-3-19-11-6-10(8-16-12(11)13(17)18)20-5-4-9(7-14)15-2/h6,8-9H,3-5H2,1H3,(H,17,18). The number of carbonyl (C=O) groups is 1. The third-order valence-electron chi connectivity index (χ3n) is 2.29. The SMILES string of the molecule is [C-]#[N+]C(C#N)CCSc1cnc(C(=O)O)c(SCC)c1. The third-order valence-corrected chi connectivity index (χ3v) is 4.20. The van der Waals surface area contributed by atoms with Gasteiger partial charge in [0.2, 0.25) is 0 Å². The molecule has 0 fully saturated rings. The fourth-order valence-corrected chi connectivity index (χ4v) is 3.16. The molecular weight excluding hydrogens is 294 g/mol. The molecule has 0 saturated carbocycles. The fraction of sp³-hybridized carbons (Fsp3) is 0.385. The monoisotopic (exact) mass is 307 g/mol. The molecule has 20 heavy (non-hydrogen) atoms. The molecule has 1 unspecified atom stereocenters. The lowest BCUT2D eigenvalue weighted by atomic mass is 10.3. The van der Waals surface area contributed by atoms with Crippen LogP contribution in [0.15, 0.2) is 22.1 Å². The molecule has 0 aromatic carbocycles. The smallest absolute Gasteiger partial charge is 0.355 e. The number of nitrogens with zero attached hydrogens (tertiary/aromatic N) is 3. The summed E-state index contributed by atoms with van der Waals surface area (Å²) in [6, 6.07) is 3.12. The Kier molecular flexibility index (Phi) is 6.92. The van der Waals surface area contributed by atoms with Crippen molar-refractivity contribution in [3.63, 3.8) is 0 Å². The van der Waals surface area contributed by atoms with E-state index in [-0.39, 0.29) is 5.69 Å². The Labute approximate surface area is 126 Å². The minimum Gasteiger partial charge on any atom is -0.476 e. The quantitative estimate of drug-likeness (QED) is 0.615. The lowest BCUT2D eigenvalue weighted by molar-refractivity contribution is 0.0686. The zero-order valence-corrected chi connectivity index (χ0v) is 12.5. The van der Waals surface area contributed by atoms with Gasteiger partial charge in [0.25, 0.3) is 0 Å². The predicted octanol–water partition coefficient (Wildman–Crippen LogP) is 3.19. The Hall–Kier alpha value is -1.70. The van der Waals surface area contributed by atoms with Crippen LogP contribution in [0, 0.1) is 17.9 Å². The lowest BCUT2D eigenvalue weighted by Crippen LogP contribution is -2.03. The molecular formula is C13H13N3O2S2. The van der Waals surface area contributed by atoms with Gasteiger partial charge in [0.15, 0.2) is 11.8 Å². The molecule has 1 N–H and O–H groups in total. The minimum atomic E-state index is -1.03. The van der Waals surface area contributed by atoms with Crippen molar-refractivity contribution in [2.24, 2.45) is 0 Å². The van der Waals surface area contributed by atoms with Crippen LogP contribution in [-0.2, 0) is 0 Å². The lowest BCUT2D eigenvalue weighted by Gasteiger charge is -2.06. The van der Waals surface area contributed by atoms with Crippen molar-refractivity contribution in [3.05, 3.63) is 29.4 Å². The number of nitriles is 1. The molecule has 1 aromatic heterocycles. The number of pyridine rings is 1.